The van der Waals surface area contributed by atoms with Gasteiger partial charge in [-0.15, -0.1) is 0 Å². The lowest BCUT2D eigenvalue weighted by molar-refractivity contribution is 0.0696. The second kappa shape index (κ2) is 7.71. The summed E-state index contributed by atoms with van der Waals surface area (Å²) in [5.41, 5.74) is 4.77. The van der Waals surface area contributed by atoms with Crippen LogP contribution >= 0.6 is 0 Å². The van der Waals surface area contributed by atoms with Gasteiger partial charge in [-0.1, -0.05) is 25.1 Å². The van der Waals surface area contributed by atoms with E-state index in [0.29, 0.717) is 17.0 Å². The van der Waals surface area contributed by atoms with Gasteiger partial charge in [-0.25, -0.2) is 4.79 Å². The fourth-order valence-corrected chi connectivity index (χ4v) is 3.86. The molecule has 1 fully saturated rings. The van der Waals surface area contributed by atoms with E-state index in [-0.39, 0.29) is 6.04 Å². The van der Waals surface area contributed by atoms with Crippen molar-refractivity contribution < 1.29 is 9.90 Å². The van der Waals surface area contributed by atoms with Gasteiger partial charge in [0.2, 0.25) is 0 Å². The van der Waals surface area contributed by atoms with Crippen molar-refractivity contribution >= 4 is 17.3 Å². The van der Waals surface area contributed by atoms with E-state index in [1.165, 1.54) is 0 Å². The smallest absolute Gasteiger partial charge is 0.336 e. The van der Waals surface area contributed by atoms with Gasteiger partial charge in [-0.3, -0.25) is 0 Å². The molecule has 0 unspecified atom stereocenters. The number of carboxylic acid groups (broad SMARTS) is 1. The van der Waals surface area contributed by atoms with Gasteiger partial charge in [0.25, 0.3) is 0 Å². The van der Waals surface area contributed by atoms with E-state index < -0.39 is 5.97 Å². The van der Waals surface area contributed by atoms with Crippen LogP contribution in [0.25, 0.3) is 0 Å². The number of aromatic carboxylic acids is 1. The molecule has 27 heavy (non-hydrogen) atoms. The van der Waals surface area contributed by atoms with Crippen molar-refractivity contribution in [2.45, 2.75) is 33.2 Å². The van der Waals surface area contributed by atoms with E-state index in [0.717, 1.165) is 42.0 Å². The molecule has 0 radical (unpaired) electrons. The molecule has 2 atom stereocenters. The Hall–Kier alpha value is -3.00. The topological polar surface area (TPSA) is 76.4 Å². The van der Waals surface area contributed by atoms with Crippen LogP contribution in [-0.4, -0.2) is 30.2 Å². The van der Waals surface area contributed by atoms with Crippen molar-refractivity contribution in [1.82, 2.24) is 0 Å². The number of benzene rings is 2. The standard InChI is InChI=1S/C22H25N3O2/c1-14-10-15(2)20(11-18(14)22(26)27)24-19-8-9-25(13-16(19)3)21-7-5-4-6-17(21)12-23/h4-7,10-11,16,19,24H,8-9,13H2,1-3H3,(H,26,27)/t16-,19+/m0/s1. The average molecular weight is 363 g/mol. The van der Waals surface area contributed by atoms with Crippen molar-refractivity contribution in [2.24, 2.45) is 5.92 Å². The minimum atomic E-state index is -0.897. The minimum absolute atomic E-state index is 0.263. The molecule has 2 aromatic carbocycles. The van der Waals surface area contributed by atoms with E-state index in [9.17, 15) is 15.2 Å². The van der Waals surface area contributed by atoms with Crippen molar-refractivity contribution in [3.63, 3.8) is 0 Å². The van der Waals surface area contributed by atoms with Crippen LogP contribution in [0.15, 0.2) is 36.4 Å². The first-order valence-corrected chi connectivity index (χ1v) is 9.26. The van der Waals surface area contributed by atoms with Crippen molar-refractivity contribution in [1.29, 1.82) is 5.26 Å². The van der Waals surface area contributed by atoms with E-state index in [1.807, 2.05) is 44.2 Å². The highest BCUT2D eigenvalue weighted by molar-refractivity contribution is 5.91. The van der Waals surface area contributed by atoms with Crippen LogP contribution in [0.5, 0.6) is 0 Å². The normalized spacial score (nSPS) is 19.4. The van der Waals surface area contributed by atoms with Crippen molar-refractivity contribution in [3.05, 3.63) is 58.7 Å². The molecule has 1 aliphatic rings. The number of para-hydroxylation sites is 1. The summed E-state index contributed by atoms with van der Waals surface area (Å²) >= 11 is 0. The van der Waals surface area contributed by atoms with Crippen LogP contribution < -0.4 is 10.2 Å². The molecule has 5 heteroatoms. The summed E-state index contributed by atoms with van der Waals surface area (Å²) in [5, 5.41) is 22.3. The Labute approximate surface area is 160 Å². The number of aryl methyl sites for hydroxylation is 2. The SMILES string of the molecule is Cc1cc(C)c(C(=O)O)cc1N[C@@H]1CCN(c2ccccc2C#N)C[C@@H]1C. The number of nitrogens with zero attached hydrogens (tertiary/aromatic N) is 2. The number of rotatable bonds is 4. The maximum absolute atomic E-state index is 11.4. The molecule has 2 N–H and O–H groups in total. The first-order chi connectivity index (χ1) is 12.9. The molecule has 140 valence electrons. The van der Waals surface area contributed by atoms with Crippen LogP contribution in [0.3, 0.4) is 0 Å². The van der Waals surface area contributed by atoms with Crippen LogP contribution in [0.2, 0.25) is 0 Å². The Morgan fingerprint density at radius 3 is 2.67 bits per heavy atom. The zero-order valence-electron chi connectivity index (χ0n) is 16.0. The zero-order chi connectivity index (χ0) is 19.6. The second-order valence-electron chi connectivity index (χ2n) is 7.38. The molecule has 0 aromatic heterocycles. The number of anilines is 2. The van der Waals surface area contributed by atoms with E-state index in [4.69, 9.17) is 0 Å². The number of hydrogen-bond donors (Lipinski definition) is 2. The molecule has 3 rings (SSSR count). The number of piperidine rings is 1. The Bertz CT molecular complexity index is 901. The molecule has 0 saturated carbocycles. The summed E-state index contributed by atoms with van der Waals surface area (Å²) in [6, 6.07) is 13.9. The molecular weight excluding hydrogens is 338 g/mol. The average Bonchev–Trinajstić information content (AvgIpc) is 2.64. The minimum Gasteiger partial charge on any atom is -0.478 e. The maximum atomic E-state index is 11.4. The highest BCUT2D eigenvalue weighted by Gasteiger charge is 2.27. The van der Waals surface area contributed by atoms with Gasteiger partial charge in [0.15, 0.2) is 0 Å². The summed E-state index contributed by atoms with van der Waals surface area (Å²) < 4.78 is 0. The van der Waals surface area contributed by atoms with Crippen LogP contribution in [-0.2, 0) is 0 Å². The van der Waals surface area contributed by atoms with Crippen LogP contribution in [0, 0.1) is 31.1 Å². The van der Waals surface area contributed by atoms with Crippen LogP contribution in [0.4, 0.5) is 11.4 Å². The fraction of sp³-hybridized carbons (Fsp3) is 0.364. The van der Waals surface area contributed by atoms with E-state index >= 15 is 0 Å². The molecular formula is C22H25N3O2. The number of hydrogen-bond acceptors (Lipinski definition) is 4. The highest BCUT2D eigenvalue weighted by atomic mass is 16.4. The molecule has 1 aliphatic heterocycles. The van der Waals surface area contributed by atoms with Gasteiger partial charge in [0, 0.05) is 24.8 Å². The lowest BCUT2D eigenvalue weighted by atomic mass is 9.92. The predicted molar refractivity (Wildman–Crippen MR) is 107 cm³/mol. The Morgan fingerprint density at radius 2 is 2.00 bits per heavy atom. The molecule has 1 heterocycles. The monoisotopic (exact) mass is 363 g/mol. The first-order valence-electron chi connectivity index (χ1n) is 9.26. The van der Waals surface area contributed by atoms with Gasteiger partial charge < -0.3 is 15.3 Å². The third-order valence-corrected chi connectivity index (χ3v) is 5.41. The fourth-order valence-electron chi connectivity index (χ4n) is 3.86. The lowest BCUT2D eigenvalue weighted by Gasteiger charge is -2.39. The lowest BCUT2D eigenvalue weighted by Crippen LogP contribution is -2.45. The molecule has 1 saturated heterocycles. The Morgan fingerprint density at radius 1 is 1.26 bits per heavy atom. The number of carbonyl (C=O) groups is 1. The molecule has 0 amide bonds. The van der Waals surface area contributed by atoms with Crippen molar-refractivity contribution in [2.75, 3.05) is 23.3 Å². The largest absolute Gasteiger partial charge is 0.478 e. The molecule has 0 aliphatic carbocycles. The summed E-state index contributed by atoms with van der Waals surface area (Å²) in [6.07, 6.45) is 0.927. The Kier molecular flexibility index (Phi) is 5.36. The van der Waals surface area contributed by atoms with E-state index in [2.05, 4.69) is 23.2 Å². The molecule has 0 bridgehead atoms. The maximum Gasteiger partial charge on any atom is 0.336 e. The predicted octanol–water partition coefficient (Wildman–Crippen LogP) is 4.20. The van der Waals surface area contributed by atoms with Gasteiger partial charge >= 0.3 is 5.97 Å². The summed E-state index contributed by atoms with van der Waals surface area (Å²) in [6.45, 7) is 7.74. The van der Waals surface area contributed by atoms with Gasteiger partial charge in [-0.2, -0.15) is 5.26 Å². The molecule has 5 nitrogen and oxygen atoms in total. The second-order valence-corrected chi connectivity index (χ2v) is 7.38. The zero-order valence-corrected chi connectivity index (χ0v) is 16.0. The third-order valence-electron chi connectivity index (χ3n) is 5.41. The third kappa shape index (κ3) is 3.90. The molecule has 0 spiro atoms. The summed E-state index contributed by atoms with van der Waals surface area (Å²) in [7, 11) is 0. The number of nitrogens with one attached hydrogen (secondary N) is 1. The van der Waals surface area contributed by atoms with Gasteiger partial charge in [0.05, 0.1) is 16.8 Å². The van der Waals surface area contributed by atoms with Crippen LogP contribution in [0.1, 0.15) is 40.4 Å². The van der Waals surface area contributed by atoms with Gasteiger partial charge in [0.1, 0.15) is 6.07 Å². The van der Waals surface area contributed by atoms with Crippen molar-refractivity contribution in [3.8, 4) is 6.07 Å². The quantitative estimate of drug-likeness (QED) is 0.851. The number of nitriles is 1. The molecule has 2 aromatic rings. The highest BCUT2D eigenvalue weighted by Crippen LogP contribution is 2.29. The van der Waals surface area contributed by atoms with Gasteiger partial charge in [-0.05, 0) is 55.5 Å². The Balaban J connectivity index is 1.76. The number of carboxylic acids is 1. The first kappa shape index (κ1) is 18.8. The summed E-state index contributed by atoms with van der Waals surface area (Å²) in [5.74, 6) is -0.536. The van der Waals surface area contributed by atoms with E-state index in [1.54, 1.807) is 6.07 Å². The summed E-state index contributed by atoms with van der Waals surface area (Å²) in [4.78, 5) is 13.7.